The second kappa shape index (κ2) is 5.88. The lowest BCUT2D eigenvalue weighted by molar-refractivity contribution is 0.889. The van der Waals surface area contributed by atoms with E-state index in [2.05, 4.69) is 68.4 Å². The van der Waals surface area contributed by atoms with Crippen molar-refractivity contribution in [3.05, 3.63) is 76.9 Å². The molecule has 3 rings (SSSR count). The van der Waals surface area contributed by atoms with Gasteiger partial charge in [0.05, 0.1) is 0 Å². The van der Waals surface area contributed by atoms with Crippen molar-refractivity contribution < 1.29 is 0 Å². The third-order valence-electron chi connectivity index (χ3n) is 3.92. The molecule has 1 heterocycles. The molecule has 2 aromatic carbocycles. The molecule has 0 bridgehead atoms. The molecular formula is C19H20S. The van der Waals surface area contributed by atoms with Gasteiger partial charge in [0.25, 0.3) is 0 Å². The van der Waals surface area contributed by atoms with Crippen molar-refractivity contribution in [3.63, 3.8) is 0 Å². The molecular weight excluding hydrogens is 260 g/mol. The zero-order chi connectivity index (χ0) is 13.9. The molecule has 0 saturated carbocycles. The second-order valence-electron chi connectivity index (χ2n) is 5.37. The quantitative estimate of drug-likeness (QED) is 0.665. The van der Waals surface area contributed by atoms with E-state index in [0.29, 0.717) is 5.25 Å². The molecule has 0 fully saturated rings. The Balaban J connectivity index is 1.87. The molecule has 2 aromatic rings. The van der Waals surface area contributed by atoms with E-state index in [9.17, 15) is 0 Å². The molecule has 0 spiro atoms. The van der Waals surface area contributed by atoms with Crippen LogP contribution in [0.2, 0.25) is 0 Å². The van der Waals surface area contributed by atoms with E-state index in [-0.39, 0.29) is 0 Å². The Hall–Kier alpha value is -1.47. The normalized spacial score (nSPS) is 18.6. The standard InChI is InChI=1S/C19H20S/c1-3-15-13-18(16-11-9-14(2)10-12-16)20-19(15)17-7-5-4-6-8-17/h4-12,18H,3,13H2,1-2H3. The summed E-state index contributed by atoms with van der Waals surface area (Å²) in [6.07, 6.45) is 2.34. The van der Waals surface area contributed by atoms with Gasteiger partial charge in [0.15, 0.2) is 0 Å². The summed E-state index contributed by atoms with van der Waals surface area (Å²) in [7, 11) is 0. The van der Waals surface area contributed by atoms with Crippen molar-refractivity contribution in [2.45, 2.75) is 31.9 Å². The lowest BCUT2D eigenvalue weighted by Crippen LogP contribution is -1.90. The molecule has 1 unspecified atom stereocenters. The largest absolute Gasteiger partial charge is 0.117 e. The van der Waals surface area contributed by atoms with Crippen LogP contribution >= 0.6 is 11.8 Å². The third kappa shape index (κ3) is 2.69. The fourth-order valence-corrected chi connectivity index (χ4v) is 4.25. The van der Waals surface area contributed by atoms with Gasteiger partial charge in [-0.3, -0.25) is 0 Å². The Morgan fingerprint density at radius 3 is 2.35 bits per heavy atom. The summed E-state index contributed by atoms with van der Waals surface area (Å²) >= 11 is 2.04. The highest BCUT2D eigenvalue weighted by atomic mass is 32.2. The minimum absolute atomic E-state index is 0.584. The first-order valence-corrected chi connectivity index (χ1v) is 8.16. The summed E-state index contributed by atoms with van der Waals surface area (Å²) in [4.78, 5) is 1.50. The highest BCUT2D eigenvalue weighted by Gasteiger charge is 2.25. The minimum Gasteiger partial charge on any atom is -0.117 e. The van der Waals surface area contributed by atoms with Crippen LogP contribution in [0.5, 0.6) is 0 Å². The molecule has 1 aliphatic rings. The van der Waals surface area contributed by atoms with Gasteiger partial charge in [0.2, 0.25) is 0 Å². The van der Waals surface area contributed by atoms with Crippen LogP contribution in [0.25, 0.3) is 4.91 Å². The molecule has 1 heteroatoms. The lowest BCUT2D eigenvalue weighted by Gasteiger charge is -2.11. The zero-order valence-corrected chi connectivity index (χ0v) is 12.9. The number of thioether (sulfide) groups is 1. The van der Waals surface area contributed by atoms with Gasteiger partial charge in [-0.25, -0.2) is 0 Å². The Morgan fingerprint density at radius 1 is 1.00 bits per heavy atom. The van der Waals surface area contributed by atoms with E-state index in [0.717, 1.165) is 6.42 Å². The maximum atomic E-state index is 2.29. The van der Waals surface area contributed by atoms with Crippen LogP contribution in [0.3, 0.4) is 0 Å². The van der Waals surface area contributed by atoms with E-state index in [1.165, 1.54) is 28.0 Å². The van der Waals surface area contributed by atoms with Crippen LogP contribution in [0.4, 0.5) is 0 Å². The molecule has 0 N–H and O–H groups in total. The Bertz CT molecular complexity index is 608. The van der Waals surface area contributed by atoms with Crippen LogP contribution < -0.4 is 0 Å². The highest BCUT2D eigenvalue weighted by Crippen LogP contribution is 2.52. The van der Waals surface area contributed by atoms with Crippen LogP contribution in [0, 0.1) is 6.92 Å². The average molecular weight is 280 g/mol. The summed E-state index contributed by atoms with van der Waals surface area (Å²) in [5, 5.41) is 0.584. The third-order valence-corrected chi connectivity index (χ3v) is 5.41. The maximum absolute atomic E-state index is 2.29. The molecule has 0 saturated heterocycles. The molecule has 20 heavy (non-hydrogen) atoms. The fraction of sp³-hybridized carbons (Fsp3) is 0.263. The Morgan fingerprint density at radius 2 is 1.70 bits per heavy atom. The topological polar surface area (TPSA) is 0 Å². The van der Waals surface area contributed by atoms with Crippen molar-refractivity contribution in [3.8, 4) is 0 Å². The number of hydrogen-bond acceptors (Lipinski definition) is 1. The van der Waals surface area contributed by atoms with Crippen molar-refractivity contribution in [2.24, 2.45) is 0 Å². The second-order valence-corrected chi connectivity index (χ2v) is 6.59. The van der Waals surface area contributed by atoms with Crippen molar-refractivity contribution in [1.82, 2.24) is 0 Å². The number of benzene rings is 2. The molecule has 0 aliphatic carbocycles. The van der Waals surface area contributed by atoms with Gasteiger partial charge in [0, 0.05) is 10.2 Å². The SMILES string of the molecule is CCC1=C(c2ccccc2)SC(c2ccc(C)cc2)C1. The number of hydrogen-bond donors (Lipinski definition) is 0. The summed E-state index contributed by atoms with van der Waals surface area (Å²) in [6.45, 7) is 4.42. The predicted molar refractivity (Wildman–Crippen MR) is 89.8 cm³/mol. The highest BCUT2D eigenvalue weighted by molar-refractivity contribution is 8.08. The predicted octanol–water partition coefficient (Wildman–Crippen LogP) is 5.99. The first kappa shape index (κ1) is 13.5. The molecule has 1 atom stereocenters. The Kier molecular flexibility index (Phi) is 3.98. The lowest BCUT2D eigenvalue weighted by atomic mass is 10.00. The molecule has 102 valence electrons. The van der Waals surface area contributed by atoms with Gasteiger partial charge < -0.3 is 0 Å². The van der Waals surface area contributed by atoms with E-state index in [1.54, 1.807) is 5.57 Å². The van der Waals surface area contributed by atoms with E-state index >= 15 is 0 Å². The minimum atomic E-state index is 0.584. The van der Waals surface area contributed by atoms with E-state index in [1.807, 2.05) is 11.8 Å². The average Bonchev–Trinajstić information content (AvgIpc) is 2.93. The van der Waals surface area contributed by atoms with Crippen LogP contribution in [0.1, 0.15) is 41.7 Å². The summed E-state index contributed by atoms with van der Waals surface area (Å²) in [5.41, 5.74) is 5.77. The molecule has 0 nitrogen and oxygen atoms in total. The van der Waals surface area contributed by atoms with Gasteiger partial charge >= 0.3 is 0 Å². The van der Waals surface area contributed by atoms with Gasteiger partial charge in [-0.15, -0.1) is 11.8 Å². The smallest absolute Gasteiger partial charge is 0.0382 e. The van der Waals surface area contributed by atoms with Crippen molar-refractivity contribution in [2.75, 3.05) is 0 Å². The zero-order valence-electron chi connectivity index (χ0n) is 12.1. The first-order chi connectivity index (χ1) is 9.78. The summed E-state index contributed by atoms with van der Waals surface area (Å²) < 4.78 is 0. The van der Waals surface area contributed by atoms with Crippen LogP contribution in [0.15, 0.2) is 60.2 Å². The fourth-order valence-electron chi connectivity index (χ4n) is 2.72. The molecule has 0 radical (unpaired) electrons. The van der Waals surface area contributed by atoms with Crippen molar-refractivity contribution in [1.29, 1.82) is 0 Å². The van der Waals surface area contributed by atoms with E-state index in [4.69, 9.17) is 0 Å². The Labute approximate surface area is 125 Å². The maximum Gasteiger partial charge on any atom is 0.0382 e. The van der Waals surface area contributed by atoms with E-state index < -0.39 is 0 Å². The van der Waals surface area contributed by atoms with Crippen LogP contribution in [-0.4, -0.2) is 0 Å². The number of aryl methyl sites for hydroxylation is 1. The number of rotatable bonds is 3. The summed E-state index contributed by atoms with van der Waals surface area (Å²) in [5.74, 6) is 0. The van der Waals surface area contributed by atoms with Crippen LogP contribution in [-0.2, 0) is 0 Å². The monoisotopic (exact) mass is 280 g/mol. The van der Waals surface area contributed by atoms with Gasteiger partial charge in [-0.2, -0.15) is 0 Å². The molecule has 0 aromatic heterocycles. The van der Waals surface area contributed by atoms with Crippen molar-refractivity contribution >= 4 is 16.7 Å². The number of allylic oxidation sites excluding steroid dienone is 1. The van der Waals surface area contributed by atoms with Gasteiger partial charge in [-0.05, 0) is 30.9 Å². The first-order valence-electron chi connectivity index (χ1n) is 7.28. The molecule has 0 amide bonds. The van der Waals surface area contributed by atoms with Gasteiger partial charge in [0.1, 0.15) is 0 Å². The summed E-state index contributed by atoms with van der Waals surface area (Å²) in [6, 6.07) is 19.8. The molecule has 1 aliphatic heterocycles. The van der Waals surface area contributed by atoms with Gasteiger partial charge in [-0.1, -0.05) is 72.7 Å².